The highest BCUT2D eigenvalue weighted by Gasteiger charge is 2.08. The van der Waals surface area contributed by atoms with E-state index in [4.69, 9.17) is 0 Å². The van der Waals surface area contributed by atoms with E-state index in [1.165, 1.54) is 18.3 Å². The Hall–Kier alpha value is -2.67. The first-order valence-electron chi connectivity index (χ1n) is 6.99. The van der Waals surface area contributed by atoms with Crippen LogP contribution in [0.4, 0.5) is 5.69 Å². The van der Waals surface area contributed by atoms with Gasteiger partial charge < -0.3 is 16.0 Å². The summed E-state index contributed by atoms with van der Waals surface area (Å²) < 4.78 is 0. The van der Waals surface area contributed by atoms with Crippen molar-refractivity contribution < 1.29 is 14.4 Å². The number of nitrogens with one attached hydrogen (secondary N) is 3. The summed E-state index contributed by atoms with van der Waals surface area (Å²) in [7, 11) is 0. The van der Waals surface area contributed by atoms with Gasteiger partial charge in [0.1, 0.15) is 0 Å². The van der Waals surface area contributed by atoms with Crippen LogP contribution in [0, 0.1) is 0 Å². The van der Waals surface area contributed by atoms with E-state index in [9.17, 15) is 14.4 Å². The fraction of sp³-hybridized carbons (Fsp3) is 0.188. The topological polar surface area (TPSA) is 87.3 Å². The SMILES string of the molecule is CC(=O)Nc1ccc(CNC(=O)CNC(=O)c2cccs2)cc1. The van der Waals surface area contributed by atoms with E-state index >= 15 is 0 Å². The van der Waals surface area contributed by atoms with Crippen LogP contribution >= 0.6 is 11.3 Å². The van der Waals surface area contributed by atoms with E-state index < -0.39 is 0 Å². The van der Waals surface area contributed by atoms with Crippen LogP contribution in [0.15, 0.2) is 41.8 Å². The molecule has 0 fully saturated rings. The quantitative estimate of drug-likeness (QED) is 0.753. The molecule has 0 atom stereocenters. The molecule has 3 N–H and O–H groups in total. The zero-order chi connectivity index (χ0) is 16.7. The molecule has 0 radical (unpaired) electrons. The van der Waals surface area contributed by atoms with Crippen LogP contribution in [-0.2, 0) is 16.1 Å². The Morgan fingerprint density at radius 2 is 1.78 bits per heavy atom. The van der Waals surface area contributed by atoms with E-state index in [1.807, 2.05) is 12.1 Å². The molecule has 7 heteroatoms. The lowest BCUT2D eigenvalue weighted by molar-refractivity contribution is -0.120. The van der Waals surface area contributed by atoms with Gasteiger partial charge in [-0.25, -0.2) is 0 Å². The van der Waals surface area contributed by atoms with E-state index in [0.29, 0.717) is 17.1 Å². The maximum absolute atomic E-state index is 11.7. The van der Waals surface area contributed by atoms with Gasteiger partial charge in [0.25, 0.3) is 5.91 Å². The molecule has 1 aromatic heterocycles. The van der Waals surface area contributed by atoms with Crippen molar-refractivity contribution in [2.24, 2.45) is 0 Å². The predicted molar refractivity (Wildman–Crippen MR) is 89.2 cm³/mol. The number of anilines is 1. The summed E-state index contributed by atoms with van der Waals surface area (Å²) in [6.45, 7) is 1.73. The largest absolute Gasteiger partial charge is 0.350 e. The molecule has 23 heavy (non-hydrogen) atoms. The van der Waals surface area contributed by atoms with Crippen LogP contribution in [0.3, 0.4) is 0 Å². The third-order valence-electron chi connectivity index (χ3n) is 2.92. The Morgan fingerprint density at radius 3 is 2.39 bits per heavy atom. The van der Waals surface area contributed by atoms with Crippen molar-refractivity contribution in [2.75, 3.05) is 11.9 Å². The second-order valence-electron chi connectivity index (χ2n) is 4.81. The number of amides is 3. The van der Waals surface area contributed by atoms with Gasteiger partial charge in [0.15, 0.2) is 0 Å². The number of hydrogen-bond acceptors (Lipinski definition) is 4. The lowest BCUT2D eigenvalue weighted by atomic mass is 10.2. The van der Waals surface area contributed by atoms with Crippen LogP contribution in [0.5, 0.6) is 0 Å². The molecule has 1 heterocycles. The van der Waals surface area contributed by atoms with Crippen LogP contribution in [0.25, 0.3) is 0 Å². The Morgan fingerprint density at radius 1 is 1.04 bits per heavy atom. The molecule has 2 aromatic rings. The maximum atomic E-state index is 11.7. The molecular formula is C16H17N3O3S. The lowest BCUT2D eigenvalue weighted by Crippen LogP contribution is -2.36. The Balaban J connectivity index is 1.73. The van der Waals surface area contributed by atoms with E-state index in [0.717, 1.165) is 5.56 Å². The molecule has 0 unspecified atom stereocenters. The number of thiophene rings is 1. The van der Waals surface area contributed by atoms with Crippen molar-refractivity contribution in [1.29, 1.82) is 0 Å². The third kappa shape index (κ3) is 5.55. The van der Waals surface area contributed by atoms with Gasteiger partial charge in [-0.15, -0.1) is 11.3 Å². The van der Waals surface area contributed by atoms with Crippen LogP contribution in [-0.4, -0.2) is 24.3 Å². The smallest absolute Gasteiger partial charge is 0.261 e. The summed E-state index contributed by atoms with van der Waals surface area (Å²) >= 11 is 1.32. The first kappa shape index (κ1) is 16.7. The molecule has 1 aromatic carbocycles. The van der Waals surface area contributed by atoms with Crippen molar-refractivity contribution in [1.82, 2.24) is 10.6 Å². The van der Waals surface area contributed by atoms with Crippen LogP contribution in [0.1, 0.15) is 22.2 Å². The van der Waals surface area contributed by atoms with Gasteiger partial charge in [0.05, 0.1) is 11.4 Å². The average Bonchev–Trinajstić information content (AvgIpc) is 3.06. The molecule has 3 amide bonds. The molecule has 0 saturated heterocycles. The molecule has 0 aliphatic rings. The van der Waals surface area contributed by atoms with Crippen molar-refractivity contribution in [3.63, 3.8) is 0 Å². The van der Waals surface area contributed by atoms with Gasteiger partial charge in [-0.2, -0.15) is 0 Å². The van der Waals surface area contributed by atoms with Gasteiger partial charge in [0.2, 0.25) is 11.8 Å². The molecule has 0 aliphatic carbocycles. The predicted octanol–water partition coefficient (Wildman–Crippen LogP) is 1.75. The van der Waals surface area contributed by atoms with E-state index in [-0.39, 0.29) is 24.3 Å². The minimum absolute atomic E-state index is 0.0687. The Labute approximate surface area is 137 Å². The fourth-order valence-electron chi connectivity index (χ4n) is 1.83. The summed E-state index contributed by atoms with van der Waals surface area (Å²) in [5.74, 6) is -0.650. The highest BCUT2D eigenvalue weighted by Crippen LogP contribution is 2.09. The number of carbonyl (C=O) groups is 3. The molecule has 120 valence electrons. The van der Waals surface area contributed by atoms with Crippen molar-refractivity contribution in [2.45, 2.75) is 13.5 Å². The summed E-state index contributed by atoms with van der Waals surface area (Å²) in [6.07, 6.45) is 0. The first-order valence-corrected chi connectivity index (χ1v) is 7.87. The molecule has 0 aliphatic heterocycles. The van der Waals surface area contributed by atoms with Gasteiger partial charge >= 0.3 is 0 Å². The molecule has 6 nitrogen and oxygen atoms in total. The van der Waals surface area contributed by atoms with E-state index in [1.54, 1.807) is 29.6 Å². The lowest BCUT2D eigenvalue weighted by Gasteiger charge is -2.07. The standard InChI is InChI=1S/C16H17N3O3S/c1-11(20)19-13-6-4-12(5-7-13)9-17-15(21)10-18-16(22)14-3-2-8-23-14/h2-8H,9-10H2,1H3,(H,17,21)(H,18,22)(H,19,20). The minimum Gasteiger partial charge on any atom is -0.350 e. The minimum atomic E-state index is -0.263. The molecular weight excluding hydrogens is 314 g/mol. The number of benzene rings is 1. The van der Waals surface area contributed by atoms with Crippen molar-refractivity contribution in [3.8, 4) is 0 Å². The van der Waals surface area contributed by atoms with Gasteiger partial charge in [-0.3, -0.25) is 14.4 Å². The van der Waals surface area contributed by atoms with Crippen LogP contribution in [0.2, 0.25) is 0 Å². The molecule has 0 spiro atoms. The molecule has 0 bridgehead atoms. The number of rotatable bonds is 6. The van der Waals surface area contributed by atoms with Gasteiger partial charge in [-0.1, -0.05) is 18.2 Å². The summed E-state index contributed by atoms with van der Waals surface area (Å²) in [6, 6.07) is 10.6. The second kappa shape index (κ2) is 8.09. The van der Waals surface area contributed by atoms with Crippen molar-refractivity contribution >= 4 is 34.7 Å². The van der Waals surface area contributed by atoms with Gasteiger partial charge in [0, 0.05) is 19.2 Å². The average molecular weight is 331 g/mol. The summed E-state index contributed by atoms with van der Waals surface area (Å²) in [5, 5.41) is 9.76. The monoisotopic (exact) mass is 331 g/mol. The summed E-state index contributed by atoms with van der Waals surface area (Å²) in [4.78, 5) is 34.9. The number of hydrogen-bond donors (Lipinski definition) is 3. The van der Waals surface area contributed by atoms with Gasteiger partial charge in [-0.05, 0) is 29.1 Å². The zero-order valence-corrected chi connectivity index (χ0v) is 13.4. The maximum Gasteiger partial charge on any atom is 0.261 e. The second-order valence-corrected chi connectivity index (χ2v) is 5.76. The summed E-state index contributed by atoms with van der Waals surface area (Å²) in [5.41, 5.74) is 1.60. The molecule has 0 saturated carbocycles. The van der Waals surface area contributed by atoms with Crippen LogP contribution < -0.4 is 16.0 Å². The fourth-order valence-corrected chi connectivity index (χ4v) is 2.47. The zero-order valence-electron chi connectivity index (χ0n) is 12.6. The normalized spacial score (nSPS) is 9.96. The number of carbonyl (C=O) groups excluding carboxylic acids is 3. The molecule has 2 rings (SSSR count). The third-order valence-corrected chi connectivity index (χ3v) is 3.79. The highest BCUT2D eigenvalue weighted by molar-refractivity contribution is 7.12. The van der Waals surface area contributed by atoms with Crippen molar-refractivity contribution in [3.05, 3.63) is 52.2 Å². The Bertz CT molecular complexity index is 681. The Kier molecular flexibility index (Phi) is 5.87. The van der Waals surface area contributed by atoms with E-state index in [2.05, 4.69) is 16.0 Å². The first-order chi connectivity index (χ1) is 11.0. The highest BCUT2D eigenvalue weighted by atomic mass is 32.1.